The van der Waals surface area contributed by atoms with E-state index >= 15 is 0 Å². The molecule has 18 nitrogen and oxygen atoms in total. The third kappa shape index (κ3) is 12.4. The number of amides is 2. The van der Waals surface area contributed by atoms with E-state index in [1.54, 1.807) is 29.6 Å². The molecule has 1 aliphatic heterocycles. The molecule has 2 amide bonds. The molecule has 1 aromatic carbocycles. The van der Waals surface area contributed by atoms with Crippen LogP contribution in [0.15, 0.2) is 39.6 Å². The van der Waals surface area contributed by atoms with Crippen LogP contribution >= 0.6 is 11.3 Å². The minimum atomic E-state index is -1.06. The van der Waals surface area contributed by atoms with Crippen molar-refractivity contribution >= 4 is 57.8 Å². The van der Waals surface area contributed by atoms with E-state index in [-0.39, 0.29) is 50.2 Å². The first-order chi connectivity index (χ1) is 22.8. The average Bonchev–Trinajstić information content (AvgIpc) is 3.66. The van der Waals surface area contributed by atoms with Gasteiger partial charge in [0.2, 0.25) is 5.91 Å². The fourth-order valence-corrected chi connectivity index (χ4v) is 5.30. The molecule has 0 saturated carbocycles. The molecule has 0 bridgehead atoms. The van der Waals surface area contributed by atoms with Crippen LogP contribution in [0.2, 0.25) is 0 Å². The number of carbonyl (C=O) groups is 4. The fourth-order valence-electron chi connectivity index (χ4n) is 4.53. The van der Waals surface area contributed by atoms with E-state index in [2.05, 4.69) is 25.6 Å². The van der Waals surface area contributed by atoms with E-state index in [9.17, 15) is 19.2 Å². The van der Waals surface area contributed by atoms with Gasteiger partial charge in [0.25, 0.3) is 5.91 Å². The lowest BCUT2D eigenvalue weighted by atomic mass is 10.1. The van der Waals surface area contributed by atoms with Crippen molar-refractivity contribution in [3.8, 4) is 11.3 Å². The summed E-state index contributed by atoms with van der Waals surface area (Å²) in [4.78, 5) is 62.2. The maximum Gasteiger partial charge on any atom is 0.323 e. The maximum atomic E-state index is 13.3. The number of nitrogens with zero attached hydrogens (tertiary/aromatic N) is 3. The molecule has 2 heterocycles. The van der Waals surface area contributed by atoms with Crippen LogP contribution in [0.1, 0.15) is 39.0 Å². The lowest BCUT2D eigenvalue weighted by Crippen LogP contribution is -2.40. The number of benzene rings is 1. The first-order valence-corrected chi connectivity index (χ1v) is 16.0. The Kier molecular flexibility index (Phi) is 14.5. The number of nitrogens with one attached hydrogen (secondary N) is 2. The summed E-state index contributed by atoms with van der Waals surface area (Å²) >= 11 is 1.27. The Morgan fingerprint density at radius 1 is 1.00 bits per heavy atom. The van der Waals surface area contributed by atoms with Gasteiger partial charge < -0.3 is 59.2 Å². The molecule has 48 heavy (non-hydrogen) atoms. The van der Waals surface area contributed by atoms with Gasteiger partial charge >= 0.3 is 11.9 Å². The Morgan fingerprint density at radius 3 is 2.27 bits per heavy atom. The summed E-state index contributed by atoms with van der Waals surface area (Å²) in [6, 6.07) is 4.99. The first kappa shape index (κ1) is 37.6. The molecular formula is C29H43N11O7S. The molecule has 2 aromatic rings. The molecule has 262 valence electrons. The third-order valence-corrected chi connectivity index (χ3v) is 7.66. The molecule has 1 fully saturated rings. The zero-order valence-corrected chi connectivity index (χ0v) is 27.3. The zero-order valence-electron chi connectivity index (χ0n) is 26.5. The Balaban J connectivity index is 1.65. The molecule has 0 spiro atoms. The van der Waals surface area contributed by atoms with Gasteiger partial charge in [0.1, 0.15) is 37.0 Å². The maximum absolute atomic E-state index is 13.3. The number of guanidine groups is 2. The lowest BCUT2D eigenvalue weighted by Gasteiger charge is -2.21. The zero-order chi connectivity index (χ0) is 35.2. The van der Waals surface area contributed by atoms with Gasteiger partial charge in [-0.25, -0.2) is 4.98 Å². The highest BCUT2D eigenvalue weighted by atomic mass is 32.1. The van der Waals surface area contributed by atoms with Crippen molar-refractivity contribution in [1.82, 2.24) is 4.98 Å². The molecular weight excluding hydrogens is 646 g/mol. The van der Waals surface area contributed by atoms with Crippen LogP contribution in [0.3, 0.4) is 0 Å². The van der Waals surface area contributed by atoms with Crippen LogP contribution in [0.4, 0.5) is 10.8 Å². The molecule has 1 saturated heterocycles. The van der Waals surface area contributed by atoms with Gasteiger partial charge in [-0.15, -0.1) is 11.3 Å². The van der Waals surface area contributed by atoms with E-state index < -0.39 is 48.2 Å². The molecule has 19 heteroatoms. The quantitative estimate of drug-likeness (QED) is 0.0431. The number of hydrogen-bond acceptors (Lipinski definition) is 13. The monoisotopic (exact) mass is 689 g/mol. The first-order valence-electron chi connectivity index (χ1n) is 15.1. The number of ether oxygens (including phenoxy) is 3. The summed E-state index contributed by atoms with van der Waals surface area (Å²) in [7, 11) is 0. The molecule has 0 unspecified atom stereocenters. The van der Waals surface area contributed by atoms with E-state index in [0.717, 1.165) is 0 Å². The molecule has 14 N–H and O–H groups in total. The SMILES string of the molecule is CC(=O)Nc1nc(-c2cccc(NC(=O)[C@H]3C[C@H](OC(=O)[C@@H](N)CCCN=C(N)N)[C@@H](COC(=O)[C@@H](N)CCCN=C(N)N)O3)c2)cs1. The smallest absolute Gasteiger partial charge is 0.323 e. The van der Waals surface area contributed by atoms with Crippen LogP contribution < -0.4 is 45.0 Å². The van der Waals surface area contributed by atoms with Gasteiger partial charge in [-0.1, -0.05) is 12.1 Å². The number of aromatic nitrogens is 1. The van der Waals surface area contributed by atoms with Crippen molar-refractivity contribution in [3.63, 3.8) is 0 Å². The van der Waals surface area contributed by atoms with Gasteiger partial charge in [0, 0.05) is 43.1 Å². The van der Waals surface area contributed by atoms with Gasteiger partial charge in [-0.3, -0.25) is 29.2 Å². The minimum absolute atomic E-state index is 0.0308. The summed E-state index contributed by atoms with van der Waals surface area (Å²) in [5.41, 5.74) is 35.0. The second-order valence-corrected chi connectivity index (χ2v) is 11.8. The predicted octanol–water partition coefficient (Wildman–Crippen LogP) is -0.919. The van der Waals surface area contributed by atoms with Crippen LogP contribution in [-0.4, -0.2) is 90.7 Å². The standard InChI is InChI=1S/C29H43N11O7S/c1-15(41)38-29-40-20(14-48-29)16-5-2-6-17(11-16)39-24(42)22-12-21(47-26(44)19(31)8-4-10-37-28(34)35)23(46-22)13-45-25(43)18(30)7-3-9-36-27(32)33/h2,5-6,11,14,18-19,21-23H,3-4,7-10,12-13,30-31H2,1H3,(H,39,42)(H4,32,33,36)(H4,34,35,37)(H,38,40,41)/t18-,19-,21-,22+,23+/m0/s1. The minimum Gasteiger partial charge on any atom is -0.462 e. The summed E-state index contributed by atoms with van der Waals surface area (Å²) in [5, 5.41) is 7.66. The summed E-state index contributed by atoms with van der Waals surface area (Å²) in [6.07, 6.45) is -1.67. The number of anilines is 2. The van der Waals surface area contributed by atoms with Gasteiger partial charge in [-0.05, 0) is 37.8 Å². The van der Waals surface area contributed by atoms with E-state index in [4.69, 9.17) is 48.6 Å². The second kappa shape index (κ2) is 18.5. The van der Waals surface area contributed by atoms with Gasteiger partial charge in [-0.2, -0.15) is 0 Å². The van der Waals surface area contributed by atoms with Gasteiger partial charge in [0.15, 0.2) is 17.1 Å². The number of aliphatic imine (C=N–C) groups is 2. The van der Waals surface area contributed by atoms with Crippen molar-refractivity contribution in [2.24, 2.45) is 44.4 Å². The summed E-state index contributed by atoms with van der Waals surface area (Å²) in [6.45, 7) is 1.63. The molecule has 0 radical (unpaired) electrons. The van der Waals surface area contributed by atoms with Crippen LogP contribution in [0.25, 0.3) is 11.3 Å². The van der Waals surface area contributed by atoms with Gasteiger partial charge in [0.05, 0.1) is 5.69 Å². The molecule has 3 rings (SSSR count). The molecule has 1 aliphatic rings. The Morgan fingerprint density at radius 2 is 1.65 bits per heavy atom. The Hall–Kier alpha value is -4.85. The highest BCUT2D eigenvalue weighted by Gasteiger charge is 2.42. The second-order valence-electron chi connectivity index (χ2n) is 10.9. The number of hydrogen-bond donors (Lipinski definition) is 8. The van der Waals surface area contributed by atoms with Crippen LogP contribution in [-0.2, 0) is 33.4 Å². The summed E-state index contributed by atoms with van der Waals surface area (Å²) < 4.78 is 17.0. The summed E-state index contributed by atoms with van der Waals surface area (Å²) in [5.74, 6) is -2.33. The van der Waals surface area contributed by atoms with Crippen molar-refractivity contribution < 1.29 is 33.4 Å². The Bertz CT molecular complexity index is 1480. The molecule has 0 aliphatic carbocycles. The van der Waals surface area contributed by atoms with Crippen LogP contribution in [0, 0.1) is 0 Å². The van der Waals surface area contributed by atoms with Crippen LogP contribution in [0.5, 0.6) is 0 Å². The number of esters is 2. The van der Waals surface area contributed by atoms with Crippen molar-refractivity contribution in [1.29, 1.82) is 0 Å². The van der Waals surface area contributed by atoms with Crippen molar-refractivity contribution in [2.75, 3.05) is 30.3 Å². The molecule has 5 atom stereocenters. The normalized spacial score (nSPS) is 18.2. The topological polar surface area (TPSA) is 314 Å². The number of thiazole rings is 1. The Labute approximate surface area is 281 Å². The van der Waals surface area contributed by atoms with Crippen molar-refractivity contribution in [3.05, 3.63) is 29.6 Å². The number of rotatable bonds is 17. The fraction of sp³-hybridized carbons (Fsp3) is 0.483. The molecule has 1 aromatic heterocycles. The van der Waals surface area contributed by atoms with E-state index in [1.807, 2.05) is 0 Å². The third-order valence-electron chi connectivity index (χ3n) is 6.90. The number of carbonyl (C=O) groups excluding carboxylic acids is 4. The van der Waals surface area contributed by atoms with E-state index in [0.29, 0.717) is 41.5 Å². The van der Waals surface area contributed by atoms with E-state index in [1.165, 1.54) is 18.3 Å². The number of nitrogens with two attached hydrogens (primary N) is 6. The highest BCUT2D eigenvalue weighted by Crippen LogP contribution is 2.29. The largest absolute Gasteiger partial charge is 0.462 e. The van der Waals surface area contributed by atoms with Crippen molar-refractivity contribution in [2.45, 2.75) is 69.4 Å². The average molecular weight is 690 g/mol. The highest BCUT2D eigenvalue weighted by molar-refractivity contribution is 7.14. The predicted molar refractivity (Wildman–Crippen MR) is 180 cm³/mol. The lowest BCUT2D eigenvalue weighted by molar-refractivity contribution is -0.159.